The van der Waals surface area contributed by atoms with E-state index in [2.05, 4.69) is 90.2 Å². The van der Waals surface area contributed by atoms with Gasteiger partial charge < -0.3 is 63.1 Å². The summed E-state index contributed by atoms with van der Waals surface area (Å²) >= 11 is 0. The van der Waals surface area contributed by atoms with Crippen LogP contribution < -0.4 is 63.1 Å². The van der Waals surface area contributed by atoms with Crippen molar-refractivity contribution >= 4 is 64.3 Å². The van der Waals surface area contributed by atoms with Crippen LogP contribution in [0, 0.1) is 56.7 Å². The van der Waals surface area contributed by atoms with Gasteiger partial charge in [-0.25, -0.2) is 24.3 Å². The van der Waals surface area contributed by atoms with Crippen molar-refractivity contribution in [3.63, 3.8) is 0 Å². The molecular weight excluding hydrogens is 1440 g/mol. The molecule has 2 aromatic carbocycles. The Balaban J connectivity index is 0.000000233. The Kier molecular flexibility index (Phi) is 28.8. The second kappa shape index (κ2) is 36.9. The largest absolute Gasteiger partial charge is 0.383 e. The molecule has 0 atom stereocenters. The van der Waals surface area contributed by atoms with Gasteiger partial charge in [-0.3, -0.25) is 33.9 Å². The minimum Gasteiger partial charge on any atom is -0.383 e. The lowest BCUT2D eigenvalue weighted by Gasteiger charge is -2.15. The zero-order valence-corrected chi connectivity index (χ0v) is 66.0. The van der Waals surface area contributed by atoms with Crippen LogP contribution in [-0.4, -0.2) is 112 Å². The molecule has 10 aromatic heterocycles. The van der Waals surface area contributed by atoms with Crippen molar-refractivity contribution in [1.29, 1.82) is 26.3 Å². The van der Waals surface area contributed by atoms with Crippen molar-refractivity contribution in [2.75, 3.05) is 45.9 Å². The predicted molar refractivity (Wildman–Crippen MR) is 429 cm³/mol. The summed E-state index contributed by atoms with van der Waals surface area (Å²) in [5.74, 6) is 1.77. The van der Waals surface area contributed by atoms with Crippen LogP contribution in [0.1, 0.15) is 191 Å². The summed E-state index contributed by atoms with van der Waals surface area (Å²) < 4.78 is 8.94. The normalized spacial score (nSPS) is 10.8. The van der Waals surface area contributed by atoms with Crippen LogP contribution in [0.2, 0.25) is 0 Å². The Bertz CT molecular complexity index is 5200. The highest BCUT2D eigenvalue weighted by Gasteiger charge is 2.31. The van der Waals surface area contributed by atoms with Crippen molar-refractivity contribution in [3.8, 4) is 53.5 Å². The number of carbonyl (C=O) groups excluding carboxylic acids is 3. The van der Waals surface area contributed by atoms with Crippen LogP contribution >= 0.6 is 0 Å². The number of benzene rings is 2. The zero-order chi connectivity index (χ0) is 85.0. The first-order valence-corrected chi connectivity index (χ1v) is 34.2. The first kappa shape index (κ1) is 88.2. The Morgan fingerprint density at radius 1 is 0.381 bits per heavy atom. The van der Waals surface area contributed by atoms with Gasteiger partial charge in [0.15, 0.2) is 11.6 Å². The second-order valence-electron chi connectivity index (χ2n) is 29.6. The number of aryl methyl sites for hydroxylation is 2. The summed E-state index contributed by atoms with van der Waals surface area (Å²) in [6.07, 6.45) is 8.87. The number of hydrogen-bond donors (Lipinski definition) is 13. The summed E-state index contributed by atoms with van der Waals surface area (Å²) in [5, 5.41) is 83.0. The third kappa shape index (κ3) is 22.1. The molecule has 113 heavy (non-hydrogen) atoms. The zero-order valence-electron chi connectivity index (χ0n) is 66.0. The number of aromatic amines is 2. The number of carbonyl (C=O) groups is 3. The summed E-state index contributed by atoms with van der Waals surface area (Å²) in [5.41, 5.74) is 67.7. The number of nitrogens with one attached hydrogen (secondary N) is 2. The van der Waals surface area contributed by atoms with Crippen molar-refractivity contribution < 1.29 is 14.4 Å². The number of H-pyrrole nitrogens is 2. The monoisotopic (exact) mass is 1530 g/mol. The molecule has 24 N–H and O–H groups in total. The molecule has 0 bridgehead atoms. The molecule has 0 spiro atoms. The van der Waals surface area contributed by atoms with Crippen molar-refractivity contribution in [2.45, 2.75) is 131 Å². The van der Waals surface area contributed by atoms with Crippen molar-refractivity contribution in [2.24, 2.45) is 31.3 Å². The quantitative estimate of drug-likeness (QED) is 0.0754. The van der Waals surface area contributed by atoms with Gasteiger partial charge in [0.25, 0.3) is 23.7 Å². The van der Waals surface area contributed by atoms with Crippen LogP contribution in [0.4, 0.5) is 46.5 Å². The van der Waals surface area contributed by atoms with Gasteiger partial charge in [-0.05, 0) is 42.5 Å². The van der Waals surface area contributed by atoms with E-state index in [4.69, 9.17) is 73.6 Å². The minimum atomic E-state index is -0.574. The number of nitrogens with zero attached hydrogens (tertiary/aromatic N) is 22. The molecule has 0 saturated carbocycles. The lowest BCUT2D eigenvalue weighted by Crippen LogP contribution is -2.14. The van der Waals surface area contributed by atoms with E-state index >= 15 is 0 Å². The maximum Gasteiger partial charge on any atom is 0.254 e. The van der Waals surface area contributed by atoms with E-state index in [9.17, 15) is 30.2 Å². The van der Waals surface area contributed by atoms with Crippen LogP contribution in [0.25, 0.3) is 23.1 Å². The molecule has 0 saturated heterocycles. The SMILES string of the molecule is CC(C)(C)c1[nH]nc(N)c1C#N.CC(C)(C)c1nn(-c2ccccc2)c(N)c1C#N.CC(C)(C)c1nn(-c2ccccn2)c(N)c1C#N.CC(C)(C)c1nn(-c2ncccn2)c(N)c1C#N.Cn1nc(C(C)(C)C)c(C#N)c1N.Cn1ncc(C(N)=O)c1N.NC(=O)c1cn[nH]c1N.NC(=O)c1cnn(-c2ccccc2)c1N. The highest BCUT2D eigenvalue weighted by molar-refractivity contribution is 5.98. The number of nitrogen functional groups attached to an aromatic ring is 8. The Hall–Kier alpha value is -15.4. The molecule has 0 fully saturated rings. The molecule has 12 aromatic rings. The van der Waals surface area contributed by atoms with Gasteiger partial charge in [0.1, 0.15) is 116 Å². The van der Waals surface area contributed by atoms with E-state index in [1.54, 1.807) is 54.2 Å². The second-order valence-corrected chi connectivity index (χ2v) is 29.6. The lowest BCUT2D eigenvalue weighted by molar-refractivity contribution is 0.0992. The van der Waals surface area contributed by atoms with Gasteiger partial charge in [-0.15, -0.1) is 0 Å². The van der Waals surface area contributed by atoms with Crippen LogP contribution in [-0.2, 0) is 41.2 Å². The van der Waals surface area contributed by atoms with Gasteiger partial charge >= 0.3 is 0 Å². The highest BCUT2D eigenvalue weighted by Crippen LogP contribution is 2.33. The Labute approximate surface area is 652 Å². The molecule has 3 amide bonds. The molecule has 10 heterocycles. The van der Waals surface area contributed by atoms with E-state index < -0.39 is 17.7 Å². The molecular formula is C75H95N35O3. The summed E-state index contributed by atoms with van der Waals surface area (Å²) in [7, 11) is 3.38. The number of aromatic nitrogens is 19. The molecule has 0 aliphatic rings. The van der Waals surface area contributed by atoms with Gasteiger partial charge in [0.2, 0.25) is 0 Å². The molecule has 12 rings (SSSR count). The number of pyridine rings is 1. The van der Waals surface area contributed by atoms with E-state index in [0.29, 0.717) is 74.2 Å². The fraction of sp³-hybridized carbons (Fsp3) is 0.293. The average Bonchev–Trinajstić information content (AvgIpc) is 1.66. The lowest BCUT2D eigenvalue weighted by atomic mass is 9.90. The fourth-order valence-electron chi connectivity index (χ4n) is 9.81. The summed E-state index contributed by atoms with van der Waals surface area (Å²) in [4.78, 5) is 44.2. The molecule has 588 valence electrons. The van der Waals surface area contributed by atoms with E-state index in [1.165, 1.54) is 37.3 Å². The Morgan fingerprint density at radius 2 is 0.770 bits per heavy atom. The third-order valence-electron chi connectivity index (χ3n) is 15.7. The summed E-state index contributed by atoms with van der Waals surface area (Å²) in [6, 6.07) is 36.6. The maximum atomic E-state index is 11.0. The molecule has 0 aliphatic heterocycles. The topological polar surface area (TPSA) is 659 Å². The molecule has 0 aliphatic carbocycles. The Morgan fingerprint density at radius 3 is 1.12 bits per heavy atom. The van der Waals surface area contributed by atoms with E-state index in [1.807, 2.05) is 183 Å². The standard InChI is InChI=1S/C14H16N4.C13H15N5.C12H14N6.C10H10N4O.C9H14N4.C8H12N4.C5H8N4O.C4H6N4O/c1-14(2,3)12-11(9-15)13(16)18(17-12)10-7-5-4-6-8-10;1-13(2,3)11-9(8-14)12(15)18(17-11)10-6-4-5-7-16-10;1-12(2,3)9-8(7-13)10(14)18(17-9)11-15-5-4-6-16-11;11-9-8(10(12)15)6-13-14(9)7-4-2-1-3-5-7;1-9(2,3)7-6(5-10)8(11)13(4)12-7;1-8(2,3)6-5(4-9)7(10)12-11-6;1-9-4(6)3(2-8-9)5(7)10;5-3-2(4(6)9)1-7-8-3/h4-8H,16H2,1-3H3;4-7H,15H2,1-3H3;4-6H,14H2,1-3H3;1-6H,11H2,(H2,12,15);11H2,1-4H3;1-3H3,(H3,10,11,12);2H,6H2,1H3,(H2,7,10);1H,(H2,6,9)(H3,5,7,8). The average molecular weight is 1530 g/mol. The first-order valence-electron chi connectivity index (χ1n) is 34.2. The highest BCUT2D eigenvalue weighted by atomic mass is 16.2. The number of primary amides is 3. The van der Waals surface area contributed by atoms with E-state index in [0.717, 1.165) is 28.5 Å². The number of amides is 3. The van der Waals surface area contributed by atoms with Crippen LogP contribution in [0.15, 0.2) is 122 Å². The van der Waals surface area contributed by atoms with Gasteiger partial charge in [-0.2, -0.15) is 76.5 Å². The van der Waals surface area contributed by atoms with Gasteiger partial charge in [0.05, 0.1) is 58.4 Å². The first-order chi connectivity index (χ1) is 52.7. The minimum absolute atomic E-state index is 0.115. The number of hydrogen-bond acceptors (Lipinski definition) is 27. The summed E-state index contributed by atoms with van der Waals surface area (Å²) in [6.45, 7) is 30.0. The molecule has 0 radical (unpaired) electrons. The number of nitriles is 5. The number of nitrogens with two attached hydrogens (primary N) is 11. The van der Waals surface area contributed by atoms with Gasteiger partial charge in [-0.1, -0.05) is 146 Å². The fourth-order valence-corrected chi connectivity index (χ4v) is 9.81. The van der Waals surface area contributed by atoms with Crippen LogP contribution in [0.5, 0.6) is 0 Å². The molecule has 0 unspecified atom stereocenters. The predicted octanol–water partition coefficient (Wildman–Crippen LogP) is 7.13. The van der Waals surface area contributed by atoms with Crippen LogP contribution in [0.3, 0.4) is 0 Å². The van der Waals surface area contributed by atoms with Crippen molar-refractivity contribution in [1.82, 2.24) is 94.0 Å². The van der Waals surface area contributed by atoms with Gasteiger partial charge in [0, 0.05) is 59.8 Å². The van der Waals surface area contributed by atoms with Crippen molar-refractivity contribution in [3.05, 3.63) is 195 Å². The molecule has 38 nitrogen and oxygen atoms in total. The third-order valence-corrected chi connectivity index (χ3v) is 15.7. The maximum absolute atomic E-state index is 11.0. The van der Waals surface area contributed by atoms with E-state index in [-0.39, 0.29) is 67.0 Å². The number of anilines is 8. The number of rotatable bonds is 7. The number of para-hydroxylation sites is 2. The molecule has 38 heteroatoms. The smallest absolute Gasteiger partial charge is 0.254 e.